The van der Waals surface area contributed by atoms with Gasteiger partial charge in [-0.05, 0) is 22.6 Å². The maximum Gasteiger partial charge on any atom is 0.311 e. The van der Waals surface area contributed by atoms with E-state index in [9.17, 15) is 23.7 Å². The van der Waals surface area contributed by atoms with Crippen LogP contribution in [-0.2, 0) is 16.0 Å². The lowest BCUT2D eigenvalue weighted by atomic mass is 10.2. The molecule has 0 bridgehead atoms. The average molecular weight is 372 g/mol. The quantitative estimate of drug-likeness (QED) is 0.351. The number of nitrogens with zero attached hydrogens (tertiary/aromatic N) is 2. The third-order valence-electron chi connectivity index (χ3n) is 1.97. The predicted molar refractivity (Wildman–Crippen MR) is 64.3 cm³/mol. The molecule has 0 saturated carbocycles. The van der Waals surface area contributed by atoms with Crippen LogP contribution in [0.5, 0.6) is 0 Å². The third-order valence-corrected chi connectivity index (χ3v) is 3.08. The molecule has 0 fully saturated rings. The molecular formula is C9H7F2IN2O4. The maximum atomic E-state index is 12.7. The Morgan fingerprint density at radius 1 is 1.67 bits per heavy atom. The Labute approximate surface area is 114 Å². The van der Waals surface area contributed by atoms with Crippen molar-refractivity contribution < 1.29 is 23.2 Å². The lowest BCUT2D eigenvalue weighted by Crippen LogP contribution is -2.10. The molecule has 0 atom stereocenters. The van der Waals surface area contributed by atoms with Crippen LogP contribution >= 0.6 is 22.6 Å². The fourth-order valence-corrected chi connectivity index (χ4v) is 1.89. The minimum Gasteiger partial charge on any atom is -0.469 e. The second-order valence-electron chi connectivity index (χ2n) is 3.14. The van der Waals surface area contributed by atoms with Crippen LogP contribution in [0.25, 0.3) is 0 Å². The van der Waals surface area contributed by atoms with Crippen molar-refractivity contribution in [2.75, 3.05) is 7.11 Å². The van der Waals surface area contributed by atoms with Crippen molar-refractivity contribution in [2.24, 2.45) is 0 Å². The number of rotatable bonds is 4. The summed E-state index contributed by atoms with van der Waals surface area (Å²) in [7, 11) is 1.12. The molecule has 0 radical (unpaired) electrons. The standard InChI is InChI=1S/C9H7F2IN2O4/c1-18-6(15)3-4-2-5(14(16)17)7(12)8(13-4)9(10)11/h2,9H,3H2,1H3. The molecule has 0 saturated heterocycles. The molecule has 0 unspecified atom stereocenters. The smallest absolute Gasteiger partial charge is 0.311 e. The number of carbonyl (C=O) groups excluding carboxylic acids is 1. The van der Waals surface area contributed by atoms with Crippen molar-refractivity contribution in [3.63, 3.8) is 0 Å². The highest BCUT2D eigenvalue weighted by atomic mass is 127. The second-order valence-corrected chi connectivity index (χ2v) is 4.22. The van der Waals surface area contributed by atoms with Crippen molar-refractivity contribution in [3.8, 4) is 0 Å². The van der Waals surface area contributed by atoms with E-state index < -0.39 is 35.1 Å². The van der Waals surface area contributed by atoms with Gasteiger partial charge in [0.1, 0.15) is 9.26 Å². The lowest BCUT2D eigenvalue weighted by molar-refractivity contribution is -0.386. The van der Waals surface area contributed by atoms with Crippen LogP contribution in [0.4, 0.5) is 14.5 Å². The zero-order valence-electron chi connectivity index (χ0n) is 9.02. The molecule has 1 rings (SSSR count). The number of ether oxygens (including phenoxy) is 1. The highest BCUT2D eigenvalue weighted by molar-refractivity contribution is 14.1. The van der Waals surface area contributed by atoms with E-state index in [2.05, 4.69) is 9.72 Å². The van der Waals surface area contributed by atoms with Gasteiger partial charge in [0.15, 0.2) is 0 Å². The largest absolute Gasteiger partial charge is 0.469 e. The van der Waals surface area contributed by atoms with Gasteiger partial charge >= 0.3 is 5.97 Å². The number of methoxy groups -OCH3 is 1. The minimum atomic E-state index is -2.95. The lowest BCUT2D eigenvalue weighted by Gasteiger charge is -2.06. The SMILES string of the molecule is COC(=O)Cc1cc([N+](=O)[O-])c(I)c(C(F)F)n1. The van der Waals surface area contributed by atoms with E-state index in [-0.39, 0.29) is 9.26 Å². The van der Waals surface area contributed by atoms with Gasteiger partial charge in [-0.25, -0.2) is 13.8 Å². The number of esters is 1. The van der Waals surface area contributed by atoms with Crippen LogP contribution in [0.2, 0.25) is 0 Å². The number of alkyl halides is 2. The van der Waals surface area contributed by atoms with Gasteiger partial charge in [-0.1, -0.05) is 0 Å². The van der Waals surface area contributed by atoms with Crippen LogP contribution in [0.15, 0.2) is 6.07 Å². The van der Waals surface area contributed by atoms with Gasteiger partial charge < -0.3 is 4.74 Å². The summed E-state index contributed by atoms with van der Waals surface area (Å²) in [6, 6.07) is 0.991. The van der Waals surface area contributed by atoms with Gasteiger partial charge in [0, 0.05) is 6.07 Å². The van der Waals surface area contributed by atoms with E-state index in [1.54, 1.807) is 0 Å². The van der Waals surface area contributed by atoms with E-state index in [1.807, 2.05) is 0 Å². The monoisotopic (exact) mass is 372 g/mol. The summed E-state index contributed by atoms with van der Waals surface area (Å²) >= 11 is 1.43. The normalized spacial score (nSPS) is 10.5. The number of nitro groups is 1. The Morgan fingerprint density at radius 2 is 2.28 bits per heavy atom. The molecule has 0 aromatic carbocycles. The number of hydrogen-bond acceptors (Lipinski definition) is 5. The highest BCUT2D eigenvalue weighted by Crippen LogP contribution is 2.30. The molecule has 1 heterocycles. The summed E-state index contributed by atoms with van der Waals surface area (Å²) < 4.78 is 29.4. The van der Waals surface area contributed by atoms with Crippen molar-refractivity contribution in [1.29, 1.82) is 0 Å². The molecule has 0 aliphatic rings. The van der Waals surface area contributed by atoms with Gasteiger partial charge in [0.2, 0.25) is 0 Å². The van der Waals surface area contributed by atoms with E-state index in [0.717, 1.165) is 13.2 Å². The molecule has 18 heavy (non-hydrogen) atoms. The van der Waals surface area contributed by atoms with Crippen molar-refractivity contribution in [2.45, 2.75) is 12.8 Å². The summed E-state index contributed by atoms with van der Waals surface area (Å²) in [6.45, 7) is 0. The molecule has 0 amide bonds. The molecule has 9 heteroatoms. The fraction of sp³-hybridized carbons (Fsp3) is 0.333. The topological polar surface area (TPSA) is 82.3 Å². The van der Waals surface area contributed by atoms with E-state index in [1.165, 1.54) is 22.6 Å². The fourth-order valence-electron chi connectivity index (χ4n) is 1.18. The Balaban J connectivity index is 3.29. The van der Waals surface area contributed by atoms with Crippen molar-refractivity contribution >= 4 is 34.2 Å². The zero-order chi connectivity index (χ0) is 13.9. The summed E-state index contributed by atoms with van der Waals surface area (Å²) in [5.41, 5.74) is -1.33. The Morgan fingerprint density at radius 3 is 2.72 bits per heavy atom. The molecule has 0 spiro atoms. The van der Waals surface area contributed by atoms with Crippen molar-refractivity contribution in [3.05, 3.63) is 31.1 Å². The number of pyridine rings is 1. The number of hydrogen-bond donors (Lipinski definition) is 0. The van der Waals surface area contributed by atoms with Gasteiger partial charge in [-0.3, -0.25) is 14.9 Å². The predicted octanol–water partition coefficient (Wildman–Crippen LogP) is 2.25. The van der Waals surface area contributed by atoms with Gasteiger partial charge in [0.25, 0.3) is 12.1 Å². The molecule has 1 aromatic rings. The first-order valence-corrected chi connectivity index (χ1v) is 5.63. The summed E-state index contributed by atoms with van der Waals surface area (Å²) in [5, 5.41) is 10.7. The van der Waals surface area contributed by atoms with Crippen LogP contribution in [0.3, 0.4) is 0 Å². The summed E-state index contributed by atoms with van der Waals surface area (Å²) in [6.07, 6.45) is -3.35. The Kier molecular flexibility index (Phi) is 4.87. The molecule has 0 N–H and O–H groups in total. The molecule has 0 aliphatic heterocycles. The average Bonchev–Trinajstić information content (AvgIpc) is 2.30. The molecule has 6 nitrogen and oxygen atoms in total. The van der Waals surface area contributed by atoms with Crippen molar-refractivity contribution in [1.82, 2.24) is 4.98 Å². The number of carbonyl (C=O) groups is 1. The number of aromatic nitrogens is 1. The van der Waals surface area contributed by atoms with Crippen LogP contribution in [-0.4, -0.2) is 23.0 Å². The van der Waals surface area contributed by atoms with Crippen LogP contribution in [0, 0.1) is 13.7 Å². The zero-order valence-corrected chi connectivity index (χ0v) is 11.2. The molecule has 98 valence electrons. The Hall–Kier alpha value is -1.39. The molecular weight excluding hydrogens is 365 g/mol. The van der Waals surface area contributed by atoms with Gasteiger partial charge in [-0.2, -0.15) is 0 Å². The van der Waals surface area contributed by atoms with Crippen LogP contribution in [0.1, 0.15) is 17.8 Å². The summed E-state index contributed by atoms with van der Waals surface area (Å²) in [5.74, 6) is -0.710. The first-order chi connectivity index (χ1) is 8.36. The third kappa shape index (κ3) is 3.31. The van der Waals surface area contributed by atoms with Gasteiger partial charge in [-0.15, -0.1) is 0 Å². The highest BCUT2D eigenvalue weighted by Gasteiger charge is 2.25. The summed E-state index contributed by atoms with van der Waals surface area (Å²) in [4.78, 5) is 24.5. The van der Waals surface area contributed by atoms with E-state index >= 15 is 0 Å². The van der Waals surface area contributed by atoms with E-state index in [4.69, 9.17) is 0 Å². The first-order valence-electron chi connectivity index (χ1n) is 4.55. The minimum absolute atomic E-state index is 0.121. The Bertz CT molecular complexity index is 496. The number of halogens is 3. The van der Waals surface area contributed by atoms with Gasteiger partial charge in [0.05, 0.1) is 24.1 Å². The first kappa shape index (κ1) is 14.7. The second kappa shape index (κ2) is 5.98. The molecule has 0 aliphatic carbocycles. The van der Waals surface area contributed by atoms with E-state index in [0.29, 0.717) is 0 Å². The molecule has 1 aromatic heterocycles. The van der Waals surface area contributed by atoms with Crippen LogP contribution < -0.4 is 0 Å². The maximum absolute atomic E-state index is 12.7.